The maximum atomic E-state index is 12.1. The number of carbonyl (C=O) groups excluding carboxylic acids is 2. The largest absolute Gasteiger partial charge is 0.489 e. The Kier molecular flexibility index (Phi) is 6.39. The number of carbonyl (C=O) groups is 2. The van der Waals surface area contributed by atoms with Crippen molar-refractivity contribution in [1.82, 2.24) is 4.98 Å². The van der Waals surface area contributed by atoms with Gasteiger partial charge < -0.3 is 14.2 Å². The van der Waals surface area contributed by atoms with E-state index in [9.17, 15) is 9.59 Å². The number of benzene rings is 2. The van der Waals surface area contributed by atoms with Crippen molar-refractivity contribution in [2.24, 2.45) is 0 Å². The van der Waals surface area contributed by atoms with E-state index < -0.39 is 5.97 Å². The fraction of sp³-hybridized carbons (Fsp3) is 0.190. The topological polar surface area (TPSA) is 74.7 Å². The molecule has 0 radical (unpaired) electrons. The van der Waals surface area contributed by atoms with Crippen molar-refractivity contribution >= 4 is 23.1 Å². The van der Waals surface area contributed by atoms with Crippen LogP contribution in [0.5, 0.6) is 11.5 Å². The minimum absolute atomic E-state index is 0.117. The van der Waals surface area contributed by atoms with E-state index in [1.165, 1.54) is 18.1 Å². The van der Waals surface area contributed by atoms with Gasteiger partial charge in [-0.1, -0.05) is 29.8 Å². The Morgan fingerprint density at radius 2 is 1.61 bits per heavy atom. The number of nitrogens with zero attached hydrogens (tertiary/aromatic N) is 1. The highest BCUT2D eigenvalue weighted by Gasteiger charge is 2.16. The van der Waals surface area contributed by atoms with Crippen LogP contribution in [0.2, 0.25) is 0 Å². The molecule has 3 rings (SSSR count). The van der Waals surface area contributed by atoms with Crippen LogP contribution in [-0.4, -0.2) is 30.5 Å². The molecular weight excluding hydrogens is 378 g/mol. The van der Waals surface area contributed by atoms with E-state index in [0.717, 1.165) is 16.9 Å². The molecule has 1 aromatic heterocycles. The molecule has 0 bridgehead atoms. The number of Topliss-reactive ketones (excluding diaryl/α,β-unsaturated/α-hetero) is 1. The minimum atomic E-state index is -0.572. The lowest BCUT2D eigenvalue weighted by Gasteiger charge is -2.08. The molecule has 0 saturated heterocycles. The lowest BCUT2D eigenvalue weighted by Crippen LogP contribution is -2.12. The van der Waals surface area contributed by atoms with Crippen LogP contribution in [0.3, 0.4) is 0 Å². The predicted octanol–water partition coefficient (Wildman–Crippen LogP) is 4.08. The standard InChI is InChI=1S/C21H19NO5S/c1-14-3-5-15(6-4-14)11-26-16-7-9-17(10-8-16)27-12-19(23)20-22-18(13-28-20)21(24)25-2/h3-10,13H,11-12H2,1-2H3. The first-order chi connectivity index (χ1) is 13.5. The van der Waals surface area contributed by atoms with Gasteiger partial charge >= 0.3 is 5.97 Å². The van der Waals surface area contributed by atoms with Gasteiger partial charge in [0.15, 0.2) is 17.3 Å². The van der Waals surface area contributed by atoms with E-state index in [0.29, 0.717) is 18.1 Å². The summed E-state index contributed by atoms with van der Waals surface area (Å²) >= 11 is 1.08. The van der Waals surface area contributed by atoms with Crippen molar-refractivity contribution in [3.63, 3.8) is 0 Å². The molecule has 6 nitrogen and oxygen atoms in total. The van der Waals surface area contributed by atoms with Gasteiger partial charge in [-0.3, -0.25) is 4.79 Å². The number of esters is 1. The lowest BCUT2D eigenvalue weighted by atomic mass is 10.2. The number of thiazole rings is 1. The van der Waals surface area contributed by atoms with Gasteiger partial charge in [-0.2, -0.15) is 0 Å². The third-order valence-corrected chi connectivity index (χ3v) is 4.74. The van der Waals surface area contributed by atoms with Crippen molar-refractivity contribution in [3.8, 4) is 11.5 Å². The molecule has 0 spiro atoms. The van der Waals surface area contributed by atoms with E-state index in [1.54, 1.807) is 24.3 Å². The van der Waals surface area contributed by atoms with Gasteiger partial charge in [-0.05, 0) is 36.8 Å². The summed E-state index contributed by atoms with van der Waals surface area (Å²) in [5.74, 6) is 0.375. The molecule has 1 heterocycles. The van der Waals surface area contributed by atoms with Crippen molar-refractivity contribution < 1.29 is 23.8 Å². The molecule has 144 valence electrons. The normalized spacial score (nSPS) is 10.4. The summed E-state index contributed by atoms with van der Waals surface area (Å²) in [6.45, 7) is 2.35. The van der Waals surface area contributed by atoms with Crippen LogP contribution in [0.25, 0.3) is 0 Å². The second kappa shape index (κ2) is 9.14. The van der Waals surface area contributed by atoms with Gasteiger partial charge in [0.1, 0.15) is 18.1 Å². The van der Waals surface area contributed by atoms with Crippen molar-refractivity contribution in [2.45, 2.75) is 13.5 Å². The molecule has 0 N–H and O–H groups in total. The molecule has 3 aromatic rings. The summed E-state index contributed by atoms with van der Waals surface area (Å²) in [6.07, 6.45) is 0. The van der Waals surface area contributed by atoms with Crippen LogP contribution in [0.1, 0.15) is 31.4 Å². The molecule has 0 amide bonds. The summed E-state index contributed by atoms with van der Waals surface area (Å²) in [6, 6.07) is 15.2. The quantitative estimate of drug-likeness (QED) is 0.421. The molecular formula is C21H19NO5S. The summed E-state index contributed by atoms with van der Waals surface area (Å²) in [5, 5.41) is 1.69. The molecule has 0 unspecified atom stereocenters. The molecule has 28 heavy (non-hydrogen) atoms. The van der Waals surface area contributed by atoms with Gasteiger partial charge in [0, 0.05) is 5.38 Å². The highest BCUT2D eigenvalue weighted by Crippen LogP contribution is 2.19. The third-order valence-electron chi connectivity index (χ3n) is 3.86. The van der Waals surface area contributed by atoms with Gasteiger partial charge in [-0.25, -0.2) is 9.78 Å². The van der Waals surface area contributed by atoms with E-state index >= 15 is 0 Å². The van der Waals surface area contributed by atoms with E-state index in [2.05, 4.69) is 9.72 Å². The second-order valence-corrected chi connectivity index (χ2v) is 6.85. The Balaban J connectivity index is 1.49. The molecule has 0 aliphatic rings. The summed E-state index contributed by atoms with van der Waals surface area (Å²) in [5.41, 5.74) is 2.41. The van der Waals surface area contributed by atoms with Gasteiger partial charge in [0.25, 0.3) is 0 Å². The Hall–Kier alpha value is -3.19. The first-order valence-electron chi connectivity index (χ1n) is 8.53. The Morgan fingerprint density at radius 1 is 0.964 bits per heavy atom. The van der Waals surface area contributed by atoms with Crippen molar-refractivity contribution in [2.75, 3.05) is 13.7 Å². The number of aromatic nitrogens is 1. The van der Waals surface area contributed by atoms with Crippen LogP contribution in [0.4, 0.5) is 0 Å². The fourth-order valence-corrected chi connectivity index (χ4v) is 3.01. The van der Waals surface area contributed by atoms with E-state index in [-0.39, 0.29) is 23.1 Å². The van der Waals surface area contributed by atoms with Gasteiger partial charge in [-0.15, -0.1) is 11.3 Å². The van der Waals surface area contributed by atoms with Crippen LogP contribution in [0.15, 0.2) is 53.9 Å². The van der Waals surface area contributed by atoms with Crippen molar-refractivity contribution in [3.05, 3.63) is 75.7 Å². The number of methoxy groups -OCH3 is 1. The number of rotatable bonds is 8. The average molecular weight is 397 g/mol. The average Bonchev–Trinajstić information content (AvgIpc) is 3.22. The molecule has 0 saturated carbocycles. The molecule has 2 aromatic carbocycles. The highest BCUT2D eigenvalue weighted by atomic mass is 32.1. The third kappa shape index (κ3) is 5.17. The molecule has 0 atom stereocenters. The van der Waals surface area contributed by atoms with Gasteiger partial charge in [0.05, 0.1) is 7.11 Å². The first-order valence-corrected chi connectivity index (χ1v) is 9.41. The Bertz CT molecular complexity index is 948. The van der Waals surface area contributed by atoms with Crippen LogP contribution in [0, 0.1) is 6.92 Å². The second-order valence-electron chi connectivity index (χ2n) is 5.99. The minimum Gasteiger partial charge on any atom is -0.489 e. The van der Waals surface area contributed by atoms with E-state index in [1.807, 2.05) is 31.2 Å². The zero-order chi connectivity index (χ0) is 19.9. The molecule has 0 aliphatic carbocycles. The van der Waals surface area contributed by atoms with Crippen molar-refractivity contribution in [1.29, 1.82) is 0 Å². The zero-order valence-electron chi connectivity index (χ0n) is 15.5. The highest BCUT2D eigenvalue weighted by molar-refractivity contribution is 7.12. The number of hydrogen-bond donors (Lipinski definition) is 0. The van der Waals surface area contributed by atoms with Crippen LogP contribution >= 0.6 is 11.3 Å². The summed E-state index contributed by atoms with van der Waals surface area (Å²) in [4.78, 5) is 27.5. The SMILES string of the molecule is COC(=O)c1csc(C(=O)COc2ccc(OCc3ccc(C)cc3)cc2)n1. The smallest absolute Gasteiger partial charge is 0.357 e. The number of ether oxygens (including phenoxy) is 3. The maximum Gasteiger partial charge on any atom is 0.357 e. The Labute approximate surface area is 166 Å². The molecule has 0 fully saturated rings. The summed E-state index contributed by atoms with van der Waals surface area (Å²) < 4.78 is 15.8. The monoisotopic (exact) mass is 397 g/mol. The number of hydrogen-bond acceptors (Lipinski definition) is 7. The maximum absolute atomic E-state index is 12.1. The number of aryl methyl sites for hydroxylation is 1. The first kappa shape index (κ1) is 19.6. The zero-order valence-corrected chi connectivity index (χ0v) is 16.3. The number of ketones is 1. The van der Waals surface area contributed by atoms with Crippen LogP contribution in [-0.2, 0) is 11.3 Å². The summed E-state index contributed by atoms with van der Waals surface area (Å²) in [7, 11) is 1.26. The molecule has 7 heteroatoms. The van der Waals surface area contributed by atoms with E-state index in [4.69, 9.17) is 9.47 Å². The fourth-order valence-electron chi connectivity index (χ4n) is 2.29. The lowest BCUT2D eigenvalue weighted by molar-refractivity contribution is 0.0595. The Morgan fingerprint density at radius 3 is 2.25 bits per heavy atom. The van der Waals surface area contributed by atoms with Gasteiger partial charge in [0.2, 0.25) is 5.78 Å². The van der Waals surface area contributed by atoms with Crippen LogP contribution < -0.4 is 9.47 Å². The molecule has 0 aliphatic heterocycles. The predicted molar refractivity (Wildman–Crippen MR) is 105 cm³/mol.